The number of nitrogens with zero attached hydrogens (tertiary/aromatic N) is 3. The lowest BCUT2D eigenvalue weighted by atomic mass is 10.0. The average Bonchev–Trinajstić information content (AvgIpc) is 3.11. The summed E-state index contributed by atoms with van der Waals surface area (Å²) < 4.78 is 65.9. The Morgan fingerprint density at radius 3 is 2.45 bits per heavy atom. The summed E-state index contributed by atoms with van der Waals surface area (Å²) in [6.07, 6.45) is 2.66. The first kappa shape index (κ1) is 23.3. The molecule has 0 saturated heterocycles. The second-order valence-corrected chi connectivity index (χ2v) is 10.1. The zero-order valence-corrected chi connectivity index (χ0v) is 18.9. The van der Waals surface area contributed by atoms with E-state index in [9.17, 15) is 21.6 Å². The van der Waals surface area contributed by atoms with Crippen molar-refractivity contribution in [2.24, 2.45) is 0 Å². The summed E-state index contributed by atoms with van der Waals surface area (Å²) in [4.78, 5) is 9.39. The number of aromatic nitrogens is 2. The molecule has 0 radical (unpaired) electrons. The van der Waals surface area contributed by atoms with E-state index in [2.05, 4.69) is 9.97 Å². The highest BCUT2D eigenvalue weighted by molar-refractivity contribution is 7.89. The SMILES string of the molecule is Cc1[nH]cnc1CN1c2ccccc2CN(S(=O)(=O)C(F)(F)F)C[C@@H]1CCc1ccccc1. The van der Waals surface area contributed by atoms with Crippen LogP contribution >= 0.6 is 0 Å². The van der Waals surface area contributed by atoms with Crippen molar-refractivity contribution in [3.8, 4) is 0 Å². The number of aromatic amines is 1. The highest BCUT2D eigenvalue weighted by Crippen LogP contribution is 2.35. The van der Waals surface area contributed by atoms with Gasteiger partial charge >= 0.3 is 15.5 Å². The zero-order chi connectivity index (χ0) is 23.6. The molecule has 1 atom stereocenters. The Bertz CT molecular complexity index is 1200. The Hall–Kier alpha value is -2.85. The third-order valence-electron chi connectivity index (χ3n) is 6.00. The molecule has 0 saturated carbocycles. The lowest BCUT2D eigenvalue weighted by molar-refractivity contribution is -0.0492. The van der Waals surface area contributed by atoms with Gasteiger partial charge in [0.05, 0.1) is 18.6 Å². The summed E-state index contributed by atoms with van der Waals surface area (Å²) in [5.41, 5.74) is -1.45. The number of halogens is 3. The standard InChI is InChI=1S/C23H25F3N4O2S/c1-17-21(28-16-27-17)15-30-20(12-11-18-7-3-2-4-8-18)14-29(33(31,32)23(24,25)26)13-19-9-5-6-10-22(19)30/h2-10,16,20H,11-15H2,1H3,(H,27,28)/t20-/m0/s1. The number of para-hydroxylation sites is 1. The van der Waals surface area contributed by atoms with Crippen molar-refractivity contribution in [3.63, 3.8) is 0 Å². The molecule has 2 aromatic carbocycles. The first-order valence-corrected chi connectivity index (χ1v) is 12.0. The Morgan fingerprint density at radius 1 is 1.09 bits per heavy atom. The summed E-state index contributed by atoms with van der Waals surface area (Å²) in [5, 5.41) is 0. The highest BCUT2D eigenvalue weighted by atomic mass is 32.2. The van der Waals surface area contributed by atoms with Crippen molar-refractivity contribution in [3.05, 3.63) is 83.4 Å². The molecule has 6 nitrogen and oxygen atoms in total. The molecule has 1 aliphatic rings. The molecule has 0 aliphatic carbocycles. The molecule has 10 heteroatoms. The lowest BCUT2D eigenvalue weighted by Crippen LogP contribution is -2.47. The van der Waals surface area contributed by atoms with Gasteiger partial charge in [-0.2, -0.15) is 17.5 Å². The molecule has 33 heavy (non-hydrogen) atoms. The number of hydrogen-bond donors (Lipinski definition) is 1. The van der Waals surface area contributed by atoms with Gasteiger partial charge < -0.3 is 9.88 Å². The quantitative estimate of drug-likeness (QED) is 0.571. The van der Waals surface area contributed by atoms with Crippen LogP contribution in [0.4, 0.5) is 18.9 Å². The second-order valence-electron chi connectivity index (χ2n) is 8.15. The second kappa shape index (κ2) is 9.18. The Kier molecular flexibility index (Phi) is 6.49. The van der Waals surface area contributed by atoms with E-state index in [-0.39, 0.29) is 13.1 Å². The minimum absolute atomic E-state index is 0.271. The summed E-state index contributed by atoms with van der Waals surface area (Å²) in [6.45, 7) is 1.62. The predicted molar refractivity (Wildman–Crippen MR) is 120 cm³/mol. The maximum absolute atomic E-state index is 13.5. The van der Waals surface area contributed by atoms with E-state index in [0.717, 1.165) is 22.6 Å². The fourth-order valence-corrected chi connectivity index (χ4v) is 5.16. The Labute approximate surface area is 191 Å². The van der Waals surface area contributed by atoms with E-state index in [0.29, 0.717) is 29.3 Å². The maximum Gasteiger partial charge on any atom is 0.511 e. The van der Waals surface area contributed by atoms with Gasteiger partial charge in [0.1, 0.15) is 0 Å². The molecule has 1 aromatic heterocycles. The minimum Gasteiger partial charge on any atom is -0.361 e. The van der Waals surface area contributed by atoms with Crippen LogP contribution in [0.3, 0.4) is 0 Å². The first-order chi connectivity index (χ1) is 15.7. The van der Waals surface area contributed by atoms with Crippen molar-refractivity contribution in [1.29, 1.82) is 0 Å². The number of anilines is 1. The van der Waals surface area contributed by atoms with Gasteiger partial charge in [0.2, 0.25) is 0 Å². The van der Waals surface area contributed by atoms with Crippen LogP contribution in [0.5, 0.6) is 0 Å². The van der Waals surface area contributed by atoms with Crippen LogP contribution in [0.15, 0.2) is 60.9 Å². The Balaban J connectivity index is 1.75. The average molecular weight is 479 g/mol. The van der Waals surface area contributed by atoms with Crippen LogP contribution in [-0.4, -0.2) is 40.8 Å². The van der Waals surface area contributed by atoms with E-state index < -0.39 is 21.6 Å². The molecule has 4 rings (SSSR count). The van der Waals surface area contributed by atoms with Gasteiger partial charge in [0, 0.05) is 30.5 Å². The molecule has 0 spiro atoms. The molecule has 0 fully saturated rings. The van der Waals surface area contributed by atoms with Gasteiger partial charge in [-0.15, -0.1) is 0 Å². The van der Waals surface area contributed by atoms with Crippen molar-refractivity contribution in [2.45, 2.75) is 44.4 Å². The third kappa shape index (κ3) is 4.91. The predicted octanol–water partition coefficient (Wildman–Crippen LogP) is 4.39. The number of imidazole rings is 1. The number of sulfonamides is 1. The molecule has 0 amide bonds. The topological polar surface area (TPSA) is 69.3 Å². The van der Waals surface area contributed by atoms with E-state index in [1.807, 2.05) is 54.3 Å². The number of nitrogens with one attached hydrogen (secondary N) is 1. The lowest BCUT2D eigenvalue weighted by Gasteiger charge is -2.34. The Morgan fingerprint density at radius 2 is 1.79 bits per heavy atom. The molecular formula is C23H25F3N4O2S. The fourth-order valence-electron chi connectivity index (χ4n) is 4.19. The minimum atomic E-state index is -5.49. The van der Waals surface area contributed by atoms with E-state index in [1.54, 1.807) is 18.5 Å². The van der Waals surface area contributed by atoms with Gasteiger partial charge in [-0.05, 0) is 37.0 Å². The van der Waals surface area contributed by atoms with Gasteiger partial charge in [-0.1, -0.05) is 48.5 Å². The van der Waals surface area contributed by atoms with Gasteiger partial charge in [-0.3, -0.25) is 0 Å². The molecule has 176 valence electrons. The number of hydrogen-bond acceptors (Lipinski definition) is 4. The molecule has 0 unspecified atom stereocenters. The van der Waals surface area contributed by atoms with Gasteiger partial charge in [0.25, 0.3) is 0 Å². The highest BCUT2D eigenvalue weighted by Gasteiger charge is 2.51. The van der Waals surface area contributed by atoms with E-state index >= 15 is 0 Å². The largest absolute Gasteiger partial charge is 0.511 e. The number of fused-ring (bicyclic) bond motifs is 1. The summed E-state index contributed by atoms with van der Waals surface area (Å²) in [5.74, 6) is 0. The van der Waals surface area contributed by atoms with Crippen molar-refractivity contribution in [2.75, 3.05) is 11.4 Å². The van der Waals surface area contributed by atoms with Crippen LogP contribution in [0.1, 0.15) is 28.9 Å². The van der Waals surface area contributed by atoms with Gasteiger partial charge in [0.15, 0.2) is 0 Å². The number of aryl methyl sites for hydroxylation is 2. The fraction of sp³-hybridized carbons (Fsp3) is 0.348. The molecule has 1 N–H and O–H groups in total. The van der Waals surface area contributed by atoms with Crippen molar-refractivity contribution < 1.29 is 21.6 Å². The maximum atomic E-state index is 13.5. The van der Waals surface area contributed by atoms with Crippen LogP contribution in [0, 0.1) is 6.92 Å². The molecular weight excluding hydrogens is 453 g/mol. The first-order valence-electron chi connectivity index (χ1n) is 10.6. The van der Waals surface area contributed by atoms with Crippen molar-refractivity contribution in [1.82, 2.24) is 14.3 Å². The normalized spacial score (nSPS) is 17.6. The van der Waals surface area contributed by atoms with Crippen LogP contribution < -0.4 is 4.90 Å². The van der Waals surface area contributed by atoms with E-state index in [1.165, 1.54) is 0 Å². The number of benzene rings is 2. The zero-order valence-electron chi connectivity index (χ0n) is 18.1. The van der Waals surface area contributed by atoms with E-state index in [4.69, 9.17) is 0 Å². The summed E-state index contributed by atoms with van der Waals surface area (Å²) >= 11 is 0. The van der Waals surface area contributed by atoms with Crippen LogP contribution in [0.25, 0.3) is 0 Å². The number of H-pyrrole nitrogens is 1. The monoisotopic (exact) mass is 478 g/mol. The van der Waals surface area contributed by atoms with Crippen LogP contribution in [0.2, 0.25) is 0 Å². The van der Waals surface area contributed by atoms with Crippen LogP contribution in [-0.2, 0) is 29.5 Å². The number of rotatable bonds is 6. The smallest absolute Gasteiger partial charge is 0.361 e. The third-order valence-corrected chi connectivity index (χ3v) is 7.54. The molecule has 0 bridgehead atoms. The molecule has 1 aliphatic heterocycles. The van der Waals surface area contributed by atoms with Gasteiger partial charge in [-0.25, -0.2) is 13.4 Å². The summed E-state index contributed by atoms with van der Waals surface area (Å²) in [6, 6.07) is 16.2. The molecule has 3 aromatic rings. The summed E-state index contributed by atoms with van der Waals surface area (Å²) in [7, 11) is -5.49. The number of alkyl halides is 3. The van der Waals surface area contributed by atoms with Crippen molar-refractivity contribution >= 4 is 15.7 Å². The molecule has 2 heterocycles.